The topological polar surface area (TPSA) is 58.2 Å². The summed E-state index contributed by atoms with van der Waals surface area (Å²) in [5, 5.41) is 3.39. The molecule has 118 valence electrons. The minimum atomic E-state index is -3.15. The lowest BCUT2D eigenvalue weighted by molar-refractivity contribution is 0.392. The highest BCUT2D eigenvalue weighted by Crippen LogP contribution is 2.11. The Morgan fingerprint density at radius 2 is 2.19 bits per heavy atom. The maximum Gasteiger partial charge on any atom is 0.211 e. The van der Waals surface area contributed by atoms with Gasteiger partial charge in [-0.15, -0.1) is 0 Å². The van der Waals surface area contributed by atoms with E-state index >= 15 is 0 Å². The molecule has 1 heterocycles. The first-order valence-corrected chi connectivity index (χ1v) is 9.47. The molecule has 1 aromatic rings. The number of piperidine rings is 1. The van der Waals surface area contributed by atoms with E-state index in [0.29, 0.717) is 19.0 Å². The number of benzene rings is 1. The van der Waals surface area contributed by atoms with Gasteiger partial charge in [0, 0.05) is 12.6 Å². The molecule has 1 saturated heterocycles. The Bertz CT molecular complexity index is 537. The number of sulfonamides is 1. The summed E-state index contributed by atoms with van der Waals surface area (Å²) in [4.78, 5) is 0. The lowest BCUT2D eigenvalue weighted by atomic mass is 10.0. The Labute approximate surface area is 128 Å². The van der Waals surface area contributed by atoms with Crippen molar-refractivity contribution in [1.82, 2.24) is 10.0 Å². The van der Waals surface area contributed by atoms with E-state index < -0.39 is 10.0 Å². The molecule has 0 amide bonds. The molecule has 5 heteroatoms. The van der Waals surface area contributed by atoms with E-state index in [9.17, 15) is 8.42 Å². The van der Waals surface area contributed by atoms with E-state index in [2.05, 4.69) is 16.1 Å². The third-order valence-electron chi connectivity index (χ3n) is 3.97. The number of hydrogen-bond donors (Lipinski definition) is 2. The predicted molar refractivity (Wildman–Crippen MR) is 86.9 cm³/mol. The largest absolute Gasteiger partial charge is 0.314 e. The minimum Gasteiger partial charge on any atom is -0.314 e. The summed E-state index contributed by atoms with van der Waals surface area (Å²) in [5.74, 6) is 0.221. The van der Waals surface area contributed by atoms with Crippen LogP contribution in [0.15, 0.2) is 24.3 Å². The fourth-order valence-corrected chi connectivity index (χ4v) is 3.91. The molecule has 1 aromatic carbocycles. The van der Waals surface area contributed by atoms with Gasteiger partial charge in [0.05, 0.1) is 5.75 Å². The summed E-state index contributed by atoms with van der Waals surface area (Å²) in [6.07, 6.45) is 4.96. The first kappa shape index (κ1) is 16.5. The van der Waals surface area contributed by atoms with Gasteiger partial charge >= 0.3 is 0 Å². The Morgan fingerprint density at radius 3 is 2.90 bits per heavy atom. The lowest BCUT2D eigenvalue weighted by Crippen LogP contribution is -2.37. The van der Waals surface area contributed by atoms with Crippen molar-refractivity contribution in [3.63, 3.8) is 0 Å². The van der Waals surface area contributed by atoms with Gasteiger partial charge in [0.1, 0.15) is 0 Å². The van der Waals surface area contributed by atoms with E-state index in [1.54, 1.807) is 0 Å². The molecule has 0 aromatic heterocycles. The van der Waals surface area contributed by atoms with Crippen molar-refractivity contribution >= 4 is 10.0 Å². The summed E-state index contributed by atoms with van der Waals surface area (Å²) >= 11 is 0. The van der Waals surface area contributed by atoms with Gasteiger partial charge in [0.25, 0.3) is 0 Å². The fourth-order valence-electron chi connectivity index (χ4n) is 2.76. The molecule has 1 aliphatic rings. The monoisotopic (exact) mass is 310 g/mol. The highest BCUT2D eigenvalue weighted by atomic mass is 32.2. The first-order valence-electron chi connectivity index (χ1n) is 7.81. The minimum absolute atomic E-state index is 0.221. The van der Waals surface area contributed by atoms with Crippen molar-refractivity contribution in [2.24, 2.45) is 0 Å². The third kappa shape index (κ3) is 6.16. The van der Waals surface area contributed by atoms with Crippen LogP contribution >= 0.6 is 0 Å². The van der Waals surface area contributed by atoms with Crippen LogP contribution in [0.2, 0.25) is 0 Å². The van der Waals surface area contributed by atoms with Gasteiger partial charge in [-0.05, 0) is 44.7 Å². The van der Waals surface area contributed by atoms with E-state index in [0.717, 1.165) is 19.4 Å². The van der Waals surface area contributed by atoms with E-state index in [-0.39, 0.29) is 5.75 Å². The fraction of sp³-hybridized carbons (Fsp3) is 0.625. The van der Waals surface area contributed by atoms with Gasteiger partial charge in [0.2, 0.25) is 10.0 Å². The molecular weight excluding hydrogens is 284 g/mol. The van der Waals surface area contributed by atoms with Crippen molar-refractivity contribution in [2.75, 3.05) is 18.8 Å². The van der Waals surface area contributed by atoms with Gasteiger partial charge in [-0.25, -0.2) is 13.1 Å². The van der Waals surface area contributed by atoms with Gasteiger partial charge < -0.3 is 5.32 Å². The summed E-state index contributed by atoms with van der Waals surface area (Å²) in [6, 6.07) is 8.55. The zero-order valence-electron chi connectivity index (χ0n) is 12.8. The molecule has 1 aliphatic heterocycles. The SMILES string of the molecule is Cc1cccc(CCNS(=O)(=O)CCC2CCCCN2)c1. The van der Waals surface area contributed by atoms with Crippen LogP contribution in [0, 0.1) is 6.92 Å². The molecular formula is C16H26N2O2S. The van der Waals surface area contributed by atoms with Gasteiger partial charge in [-0.3, -0.25) is 0 Å². The molecule has 0 saturated carbocycles. The van der Waals surface area contributed by atoms with Crippen molar-refractivity contribution < 1.29 is 8.42 Å². The summed E-state index contributed by atoms with van der Waals surface area (Å²) in [7, 11) is -3.15. The number of rotatable bonds is 7. The molecule has 0 aliphatic carbocycles. The lowest BCUT2D eigenvalue weighted by Gasteiger charge is -2.23. The molecule has 4 nitrogen and oxygen atoms in total. The van der Waals surface area contributed by atoms with Crippen LogP contribution in [-0.4, -0.2) is 33.3 Å². The smallest absolute Gasteiger partial charge is 0.211 e. The van der Waals surface area contributed by atoms with Crippen molar-refractivity contribution in [2.45, 2.75) is 45.1 Å². The predicted octanol–water partition coefficient (Wildman–Crippen LogP) is 1.99. The second kappa shape index (κ2) is 7.92. The molecule has 1 fully saturated rings. The molecule has 21 heavy (non-hydrogen) atoms. The average Bonchev–Trinajstić information content (AvgIpc) is 2.46. The molecule has 0 bridgehead atoms. The highest BCUT2D eigenvalue weighted by Gasteiger charge is 2.16. The molecule has 2 N–H and O–H groups in total. The van der Waals surface area contributed by atoms with Gasteiger partial charge in [0.15, 0.2) is 0 Å². The Balaban J connectivity index is 1.70. The third-order valence-corrected chi connectivity index (χ3v) is 5.38. The Morgan fingerprint density at radius 1 is 1.33 bits per heavy atom. The number of hydrogen-bond acceptors (Lipinski definition) is 3. The first-order chi connectivity index (χ1) is 10.1. The molecule has 1 atom stereocenters. The van der Waals surface area contributed by atoms with Crippen LogP contribution in [0.25, 0.3) is 0 Å². The average molecular weight is 310 g/mol. The maximum atomic E-state index is 12.0. The van der Waals surface area contributed by atoms with E-state index in [4.69, 9.17) is 0 Å². The summed E-state index contributed by atoms with van der Waals surface area (Å²) < 4.78 is 26.7. The van der Waals surface area contributed by atoms with Crippen molar-refractivity contribution in [1.29, 1.82) is 0 Å². The van der Waals surface area contributed by atoms with Crippen LogP contribution in [0.5, 0.6) is 0 Å². The van der Waals surface area contributed by atoms with Gasteiger partial charge in [-0.1, -0.05) is 36.2 Å². The van der Waals surface area contributed by atoms with Crippen molar-refractivity contribution in [3.8, 4) is 0 Å². The van der Waals surface area contributed by atoms with Crippen LogP contribution in [-0.2, 0) is 16.4 Å². The molecule has 0 radical (unpaired) electrons. The van der Waals surface area contributed by atoms with E-state index in [1.807, 2.05) is 25.1 Å². The van der Waals surface area contributed by atoms with Crippen LogP contribution < -0.4 is 10.0 Å². The summed E-state index contributed by atoms with van der Waals surface area (Å²) in [5.41, 5.74) is 2.38. The number of aryl methyl sites for hydroxylation is 1. The molecule has 2 rings (SSSR count). The van der Waals surface area contributed by atoms with Crippen LogP contribution in [0.4, 0.5) is 0 Å². The molecule has 1 unspecified atom stereocenters. The van der Waals surface area contributed by atoms with Gasteiger partial charge in [-0.2, -0.15) is 0 Å². The Hall–Kier alpha value is -0.910. The quantitative estimate of drug-likeness (QED) is 0.810. The molecule has 0 spiro atoms. The maximum absolute atomic E-state index is 12.0. The van der Waals surface area contributed by atoms with Crippen LogP contribution in [0.3, 0.4) is 0 Å². The van der Waals surface area contributed by atoms with Crippen LogP contribution in [0.1, 0.15) is 36.8 Å². The second-order valence-electron chi connectivity index (χ2n) is 5.89. The zero-order chi connectivity index (χ0) is 15.1. The summed E-state index contributed by atoms with van der Waals surface area (Å²) in [6.45, 7) is 3.54. The Kier molecular flexibility index (Phi) is 6.21. The second-order valence-corrected chi connectivity index (χ2v) is 7.81. The normalized spacial score (nSPS) is 19.6. The van der Waals surface area contributed by atoms with Crippen molar-refractivity contribution in [3.05, 3.63) is 35.4 Å². The van der Waals surface area contributed by atoms with E-state index in [1.165, 1.54) is 24.0 Å². The standard InChI is InChI=1S/C16H26N2O2S/c1-14-5-4-6-15(13-14)8-11-18-21(19,20)12-9-16-7-2-3-10-17-16/h4-6,13,16-18H,2-3,7-12H2,1H3. The zero-order valence-corrected chi connectivity index (χ0v) is 13.6. The highest BCUT2D eigenvalue weighted by molar-refractivity contribution is 7.89. The number of nitrogens with one attached hydrogen (secondary N) is 2.